The van der Waals surface area contributed by atoms with Crippen molar-refractivity contribution in [3.05, 3.63) is 78.1 Å². The van der Waals surface area contributed by atoms with Crippen LogP contribution in [0.25, 0.3) is 11.4 Å². The van der Waals surface area contributed by atoms with E-state index in [0.717, 1.165) is 12.0 Å². The normalized spacial score (nSPS) is 10.6. The van der Waals surface area contributed by atoms with Gasteiger partial charge in [0.05, 0.1) is 5.56 Å². The predicted octanol–water partition coefficient (Wildman–Crippen LogP) is 5.49. The Labute approximate surface area is 160 Å². The van der Waals surface area contributed by atoms with Crippen LogP contribution in [0.5, 0.6) is 5.75 Å². The van der Waals surface area contributed by atoms with E-state index >= 15 is 0 Å². The number of ether oxygens (including phenoxy) is 1. The molecule has 0 amide bonds. The van der Waals surface area contributed by atoms with E-state index in [1.54, 1.807) is 24.3 Å². The third-order valence-corrected chi connectivity index (χ3v) is 4.36. The second kappa shape index (κ2) is 9.62. The summed E-state index contributed by atoms with van der Waals surface area (Å²) < 4.78 is 5.39. The van der Waals surface area contributed by atoms with Crippen LogP contribution in [0.15, 0.2) is 67.0 Å². The van der Waals surface area contributed by atoms with E-state index in [4.69, 9.17) is 4.74 Å². The summed E-state index contributed by atoms with van der Waals surface area (Å²) in [6, 6.07) is 16.2. The van der Waals surface area contributed by atoms with E-state index in [-0.39, 0.29) is 5.97 Å². The van der Waals surface area contributed by atoms with Gasteiger partial charge in [-0.1, -0.05) is 44.4 Å². The molecule has 3 rings (SSSR count). The first-order valence-corrected chi connectivity index (χ1v) is 9.45. The molecule has 1 aromatic heterocycles. The average molecular weight is 360 g/mol. The Morgan fingerprint density at radius 3 is 2.26 bits per heavy atom. The van der Waals surface area contributed by atoms with E-state index in [1.807, 2.05) is 42.7 Å². The molecule has 3 aromatic rings. The minimum atomic E-state index is -0.368. The SMILES string of the molecule is CCCCCCc1cnc(-c2ccc(OC(=O)c3ccccc3)cc2)nc1. The van der Waals surface area contributed by atoms with E-state index < -0.39 is 0 Å². The summed E-state index contributed by atoms with van der Waals surface area (Å²) in [4.78, 5) is 21.0. The van der Waals surface area contributed by atoms with Gasteiger partial charge >= 0.3 is 5.97 Å². The van der Waals surface area contributed by atoms with Crippen molar-refractivity contribution in [2.24, 2.45) is 0 Å². The molecule has 0 radical (unpaired) electrons. The lowest BCUT2D eigenvalue weighted by molar-refractivity contribution is 0.0735. The van der Waals surface area contributed by atoms with Crippen LogP contribution in [0.3, 0.4) is 0 Å². The van der Waals surface area contributed by atoms with Crippen LogP contribution >= 0.6 is 0 Å². The summed E-state index contributed by atoms with van der Waals surface area (Å²) in [7, 11) is 0. The Morgan fingerprint density at radius 1 is 0.889 bits per heavy atom. The van der Waals surface area contributed by atoms with E-state index in [1.165, 1.54) is 31.2 Å². The van der Waals surface area contributed by atoms with Crippen molar-refractivity contribution in [3.8, 4) is 17.1 Å². The van der Waals surface area contributed by atoms with Gasteiger partial charge in [0.25, 0.3) is 0 Å². The maximum Gasteiger partial charge on any atom is 0.343 e. The number of rotatable bonds is 8. The molecule has 27 heavy (non-hydrogen) atoms. The molecule has 1 heterocycles. The van der Waals surface area contributed by atoms with Crippen molar-refractivity contribution >= 4 is 5.97 Å². The molecule has 4 nitrogen and oxygen atoms in total. The van der Waals surface area contributed by atoms with Crippen molar-refractivity contribution in [2.45, 2.75) is 39.0 Å². The third kappa shape index (κ3) is 5.48. The molecule has 0 fully saturated rings. The Morgan fingerprint density at radius 2 is 1.59 bits per heavy atom. The molecule has 0 aliphatic carbocycles. The first-order chi connectivity index (χ1) is 13.3. The highest BCUT2D eigenvalue weighted by Gasteiger charge is 2.08. The van der Waals surface area contributed by atoms with Crippen LogP contribution in [-0.2, 0) is 6.42 Å². The first-order valence-electron chi connectivity index (χ1n) is 9.45. The number of hydrogen-bond donors (Lipinski definition) is 0. The quantitative estimate of drug-likeness (QED) is 0.303. The summed E-state index contributed by atoms with van der Waals surface area (Å²) in [5.41, 5.74) is 2.59. The highest BCUT2D eigenvalue weighted by molar-refractivity contribution is 5.91. The fraction of sp³-hybridized carbons (Fsp3) is 0.261. The first kappa shape index (κ1) is 18.8. The monoisotopic (exact) mass is 360 g/mol. The summed E-state index contributed by atoms with van der Waals surface area (Å²) in [6.45, 7) is 2.21. The van der Waals surface area contributed by atoms with Gasteiger partial charge in [0.2, 0.25) is 0 Å². The lowest BCUT2D eigenvalue weighted by Gasteiger charge is -2.06. The number of esters is 1. The summed E-state index contributed by atoms with van der Waals surface area (Å²) >= 11 is 0. The van der Waals surface area contributed by atoms with Gasteiger partial charge in [-0.15, -0.1) is 0 Å². The van der Waals surface area contributed by atoms with Crippen molar-refractivity contribution in [1.82, 2.24) is 9.97 Å². The van der Waals surface area contributed by atoms with Crippen molar-refractivity contribution in [3.63, 3.8) is 0 Å². The molecule has 0 saturated carbocycles. The van der Waals surface area contributed by atoms with Crippen LogP contribution in [0, 0.1) is 0 Å². The summed E-state index contributed by atoms with van der Waals surface area (Å²) in [5.74, 6) is 0.806. The van der Waals surface area contributed by atoms with E-state index in [0.29, 0.717) is 17.1 Å². The highest BCUT2D eigenvalue weighted by atomic mass is 16.5. The van der Waals surface area contributed by atoms with Gasteiger partial charge in [0.15, 0.2) is 5.82 Å². The molecule has 0 bridgehead atoms. The number of benzene rings is 2. The predicted molar refractivity (Wildman–Crippen MR) is 107 cm³/mol. The van der Waals surface area contributed by atoms with Crippen molar-refractivity contribution in [2.75, 3.05) is 0 Å². The zero-order valence-corrected chi connectivity index (χ0v) is 15.6. The molecule has 2 aromatic carbocycles. The molecular formula is C23H24N2O2. The number of aromatic nitrogens is 2. The number of hydrogen-bond acceptors (Lipinski definition) is 4. The Balaban J connectivity index is 1.59. The molecule has 0 spiro atoms. The summed E-state index contributed by atoms with van der Waals surface area (Å²) in [5, 5.41) is 0. The van der Waals surface area contributed by atoms with Crippen LogP contribution in [0.4, 0.5) is 0 Å². The molecule has 0 atom stereocenters. The van der Waals surface area contributed by atoms with Gasteiger partial charge < -0.3 is 4.74 Å². The molecule has 0 unspecified atom stereocenters. The van der Waals surface area contributed by atoms with E-state index in [2.05, 4.69) is 16.9 Å². The topological polar surface area (TPSA) is 52.1 Å². The number of aryl methyl sites for hydroxylation is 1. The fourth-order valence-electron chi connectivity index (χ4n) is 2.80. The van der Waals surface area contributed by atoms with Crippen molar-refractivity contribution < 1.29 is 9.53 Å². The zero-order valence-electron chi connectivity index (χ0n) is 15.6. The number of carbonyl (C=O) groups excluding carboxylic acids is 1. The summed E-state index contributed by atoms with van der Waals surface area (Å²) in [6.07, 6.45) is 9.77. The molecule has 4 heteroatoms. The maximum atomic E-state index is 12.1. The lowest BCUT2D eigenvalue weighted by Crippen LogP contribution is -2.07. The van der Waals surface area contributed by atoms with Crippen LogP contribution < -0.4 is 4.74 Å². The van der Waals surface area contributed by atoms with Crippen molar-refractivity contribution in [1.29, 1.82) is 0 Å². The fourth-order valence-corrected chi connectivity index (χ4v) is 2.80. The van der Waals surface area contributed by atoms with Crippen LogP contribution in [-0.4, -0.2) is 15.9 Å². The number of carbonyl (C=O) groups is 1. The largest absolute Gasteiger partial charge is 0.423 e. The smallest absolute Gasteiger partial charge is 0.343 e. The molecule has 138 valence electrons. The van der Waals surface area contributed by atoms with Crippen LogP contribution in [0.1, 0.15) is 48.5 Å². The number of nitrogens with zero attached hydrogens (tertiary/aromatic N) is 2. The second-order valence-corrected chi connectivity index (χ2v) is 6.51. The molecule has 0 saturated heterocycles. The minimum absolute atomic E-state index is 0.368. The third-order valence-electron chi connectivity index (χ3n) is 4.36. The number of unbranched alkanes of at least 4 members (excludes halogenated alkanes) is 3. The van der Waals surface area contributed by atoms with Gasteiger partial charge in [-0.3, -0.25) is 0 Å². The Hall–Kier alpha value is -3.01. The van der Waals surface area contributed by atoms with Gasteiger partial charge in [-0.2, -0.15) is 0 Å². The lowest BCUT2D eigenvalue weighted by atomic mass is 10.1. The van der Waals surface area contributed by atoms with Gasteiger partial charge in [0, 0.05) is 18.0 Å². The van der Waals surface area contributed by atoms with Gasteiger partial charge in [0.1, 0.15) is 5.75 Å². The van der Waals surface area contributed by atoms with Gasteiger partial charge in [-0.05, 0) is 54.8 Å². The molecular weight excluding hydrogens is 336 g/mol. The molecule has 0 aliphatic rings. The Bertz CT molecular complexity index is 844. The minimum Gasteiger partial charge on any atom is -0.423 e. The Kier molecular flexibility index (Phi) is 6.69. The standard InChI is InChI=1S/C23H24N2O2/c1-2-3-4-6-9-18-16-24-22(25-17-18)19-12-14-21(15-13-19)27-23(26)20-10-7-5-8-11-20/h5,7-8,10-17H,2-4,6,9H2,1H3. The zero-order chi connectivity index (χ0) is 18.9. The van der Waals surface area contributed by atoms with Crippen LogP contribution in [0.2, 0.25) is 0 Å². The van der Waals surface area contributed by atoms with Gasteiger partial charge in [-0.25, -0.2) is 14.8 Å². The molecule has 0 aliphatic heterocycles. The molecule has 0 N–H and O–H groups in total. The highest BCUT2D eigenvalue weighted by Crippen LogP contribution is 2.20. The average Bonchev–Trinajstić information content (AvgIpc) is 2.73. The van der Waals surface area contributed by atoms with E-state index in [9.17, 15) is 4.79 Å². The second-order valence-electron chi connectivity index (χ2n) is 6.51. The maximum absolute atomic E-state index is 12.1.